The molecule has 0 unspecified atom stereocenters. The number of nitrogens with one attached hydrogen (secondary N) is 2. The topological polar surface area (TPSA) is 59.0 Å². The van der Waals surface area contributed by atoms with Gasteiger partial charge in [0.25, 0.3) is 0 Å². The molecule has 20 heavy (non-hydrogen) atoms. The van der Waals surface area contributed by atoms with Crippen LogP contribution >= 0.6 is 0 Å². The van der Waals surface area contributed by atoms with Crippen molar-refractivity contribution in [1.29, 1.82) is 0 Å². The van der Waals surface area contributed by atoms with E-state index in [9.17, 15) is 9.18 Å². The summed E-state index contributed by atoms with van der Waals surface area (Å²) in [6.07, 6.45) is 2.62. The van der Waals surface area contributed by atoms with Gasteiger partial charge in [-0.15, -0.1) is 0 Å². The van der Waals surface area contributed by atoms with Crippen LogP contribution in [0.25, 0.3) is 0 Å². The largest absolute Gasteiger partial charge is 0.322 e. The number of benzene rings is 1. The fourth-order valence-corrected chi connectivity index (χ4v) is 1.77. The molecule has 2 N–H and O–H groups in total. The Morgan fingerprint density at radius 1 is 1.35 bits per heavy atom. The smallest absolute Gasteiger partial charge is 0.238 e. The highest BCUT2D eigenvalue weighted by molar-refractivity contribution is 5.92. The van der Waals surface area contributed by atoms with E-state index in [1.54, 1.807) is 16.8 Å². The molecule has 1 heterocycles. The highest BCUT2D eigenvalue weighted by atomic mass is 19.1. The molecule has 0 aliphatic rings. The molecule has 0 bridgehead atoms. The number of amides is 1. The maximum absolute atomic E-state index is 13.3. The lowest BCUT2D eigenvalue weighted by molar-refractivity contribution is -0.115. The minimum atomic E-state index is -0.436. The fraction of sp³-hybridized carbons (Fsp3) is 0.286. The second-order valence-corrected chi connectivity index (χ2v) is 4.44. The number of halogens is 1. The average molecular weight is 276 g/mol. The lowest BCUT2D eigenvalue weighted by Gasteiger charge is -2.07. The zero-order valence-electron chi connectivity index (χ0n) is 11.3. The van der Waals surface area contributed by atoms with Crippen LogP contribution < -0.4 is 10.6 Å². The Kier molecular flexibility index (Phi) is 4.84. The Morgan fingerprint density at radius 2 is 2.15 bits per heavy atom. The maximum Gasteiger partial charge on any atom is 0.238 e. The summed E-state index contributed by atoms with van der Waals surface area (Å²) in [5.74, 6) is -0.703. The van der Waals surface area contributed by atoms with Crippen molar-refractivity contribution in [2.45, 2.75) is 6.42 Å². The third-order valence-electron chi connectivity index (χ3n) is 2.76. The zero-order chi connectivity index (χ0) is 14.4. The van der Waals surface area contributed by atoms with E-state index in [-0.39, 0.29) is 18.1 Å². The van der Waals surface area contributed by atoms with Crippen LogP contribution in [0, 0.1) is 5.82 Å². The summed E-state index contributed by atoms with van der Waals surface area (Å²) in [6, 6.07) is 8.02. The normalized spacial score (nSPS) is 10.5. The van der Waals surface area contributed by atoms with Crippen molar-refractivity contribution in [2.75, 3.05) is 18.4 Å². The quantitative estimate of drug-likeness (QED) is 0.783. The van der Waals surface area contributed by atoms with Gasteiger partial charge in [-0.2, -0.15) is 5.10 Å². The summed E-state index contributed by atoms with van der Waals surface area (Å²) in [5, 5.41) is 9.75. The minimum Gasteiger partial charge on any atom is -0.322 e. The lowest BCUT2D eigenvalue weighted by atomic mass is 10.3. The molecule has 0 fully saturated rings. The Hall–Kier alpha value is -2.21. The first-order valence-corrected chi connectivity index (χ1v) is 6.39. The molecule has 5 nitrogen and oxygen atoms in total. The summed E-state index contributed by atoms with van der Waals surface area (Å²) >= 11 is 0. The van der Waals surface area contributed by atoms with Crippen molar-refractivity contribution >= 4 is 11.6 Å². The van der Waals surface area contributed by atoms with Gasteiger partial charge >= 0.3 is 0 Å². The molecule has 0 saturated heterocycles. The number of hydrogen-bond donors (Lipinski definition) is 2. The summed E-state index contributed by atoms with van der Waals surface area (Å²) in [4.78, 5) is 11.6. The molecule has 0 spiro atoms. The summed E-state index contributed by atoms with van der Waals surface area (Å²) in [6.45, 7) is 0.781. The van der Waals surface area contributed by atoms with Crippen molar-refractivity contribution in [3.8, 4) is 0 Å². The van der Waals surface area contributed by atoms with Gasteiger partial charge in [-0.05, 0) is 18.2 Å². The molecule has 0 atom stereocenters. The first kappa shape index (κ1) is 14.2. The van der Waals surface area contributed by atoms with Gasteiger partial charge in [0, 0.05) is 26.2 Å². The van der Waals surface area contributed by atoms with E-state index in [2.05, 4.69) is 15.7 Å². The molecule has 1 aromatic carbocycles. The number of carbonyl (C=O) groups is 1. The van der Waals surface area contributed by atoms with Gasteiger partial charge in [0.15, 0.2) is 0 Å². The molecule has 106 valence electrons. The van der Waals surface area contributed by atoms with Gasteiger partial charge in [0.1, 0.15) is 5.82 Å². The van der Waals surface area contributed by atoms with Crippen LogP contribution in [0.15, 0.2) is 36.5 Å². The molecular formula is C14H17FN4O. The van der Waals surface area contributed by atoms with Crippen LogP contribution in [-0.2, 0) is 18.3 Å². The van der Waals surface area contributed by atoms with Gasteiger partial charge in [-0.25, -0.2) is 4.39 Å². The molecule has 0 aliphatic heterocycles. The number of hydrogen-bond acceptors (Lipinski definition) is 3. The van der Waals surface area contributed by atoms with E-state index >= 15 is 0 Å². The van der Waals surface area contributed by atoms with Gasteiger partial charge in [-0.1, -0.05) is 12.1 Å². The molecule has 1 amide bonds. The van der Waals surface area contributed by atoms with Crippen molar-refractivity contribution in [1.82, 2.24) is 15.1 Å². The van der Waals surface area contributed by atoms with Crippen LogP contribution in [0.1, 0.15) is 5.69 Å². The number of rotatable bonds is 6. The van der Waals surface area contributed by atoms with E-state index in [1.165, 1.54) is 12.1 Å². The van der Waals surface area contributed by atoms with Crippen LogP contribution in [0.3, 0.4) is 0 Å². The monoisotopic (exact) mass is 276 g/mol. The summed E-state index contributed by atoms with van der Waals surface area (Å²) in [5.41, 5.74) is 1.17. The molecule has 2 aromatic rings. The Labute approximate surface area is 116 Å². The van der Waals surface area contributed by atoms with Crippen molar-refractivity contribution in [3.05, 3.63) is 48.0 Å². The van der Waals surface area contributed by atoms with Gasteiger partial charge in [0.05, 0.1) is 17.9 Å². The van der Waals surface area contributed by atoms with Gasteiger partial charge in [-0.3, -0.25) is 9.48 Å². The van der Waals surface area contributed by atoms with Crippen molar-refractivity contribution in [2.24, 2.45) is 7.05 Å². The first-order valence-electron chi connectivity index (χ1n) is 6.39. The van der Waals surface area contributed by atoms with E-state index in [0.717, 1.165) is 12.1 Å². The standard InChI is InChI=1S/C14H17FN4O/c1-19-9-7-11(18-19)6-8-16-10-14(20)17-13-5-3-2-4-12(13)15/h2-5,7,9,16H,6,8,10H2,1H3,(H,17,20). The number of anilines is 1. The second kappa shape index (κ2) is 6.81. The van der Waals surface area contributed by atoms with Crippen LogP contribution in [0.2, 0.25) is 0 Å². The second-order valence-electron chi connectivity index (χ2n) is 4.44. The van der Waals surface area contributed by atoms with Gasteiger partial charge < -0.3 is 10.6 Å². The van der Waals surface area contributed by atoms with Crippen LogP contribution in [0.5, 0.6) is 0 Å². The zero-order valence-corrected chi connectivity index (χ0v) is 11.3. The number of aromatic nitrogens is 2. The molecule has 0 aliphatic carbocycles. The molecule has 1 aromatic heterocycles. The van der Waals surface area contributed by atoms with E-state index < -0.39 is 5.82 Å². The third-order valence-corrected chi connectivity index (χ3v) is 2.76. The van der Waals surface area contributed by atoms with E-state index in [4.69, 9.17) is 0 Å². The minimum absolute atomic E-state index is 0.140. The SMILES string of the molecule is Cn1ccc(CCNCC(=O)Nc2ccccc2F)n1. The Balaban J connectivity index is 1.69. The predicted octanol–water partition coefficient (Wildman–Crippen LogP) is 1.33. The highest BCUT2D eigenvalue weighted by Gasteiger charge is 2.05. The van der Waals surface area contributed by atoms with Crippen LogP contribution in [0.4, 0.5) is 10.1 Å². The fourth-order valence-electron chi connectivity index (χ4n) is 1.77. The Bertz CT molecular complexity index is 582. The number of aryl methyl sites for hydroxylation is 1. The van der Waals surface area contributed by atoms with Crippen LogP contribution in [-0.4, -0.2) is 28.8 Å². The number of nitrogens with zero attached hydrogens (tertiary/aromatic N) is 2. The van der Waals surface area contributed by atoms with E-state index in [1.807, 2.05) is 19.3 Å². The average Bonchev–Trinajstić information content (AvgIpc) is 2.83. The third kappa shape index (κ3) is 4.17. The molecule has 6 heteroatoms. The van der Waals surface area contributed by atoms with Crippen molar-refractivity contribution < 1.29 is 9.18 Å². The Morgan fingerprint density at radius 3 is 2.85 bits per heavy atom. The van der Waals surface area contributed by atoms with Gasteiger partial charge in [0.2, 0.25) is 5.91 Å². The summed E-state index contributed by atoms with van der Waals surface area (Å²) < 4.78 is 15.1. The number of para-hydroxylation sites is 1. The predicted molar refractivity (Wildman–Crippen MR) is 74.8 cm³/mol. The van der Waals surface area contributed by atoms with Crippen molar-refractivity contribution in [3.63, 3.8) is 0 Å². The number of carbonyl (C=O) groups excluding carboxylic acids is 1. The molecule has 2 rings (SSSR count). The first-order chi connectivity index (χ1) is 9.65. The molecule has 0 saturated carbocycles. The lowest BCUT2D eigenvalue weighted by Crippen LogP contribution is -2.29. The highest BCUT2D eigenvalue weighted by Crippen LogP contribution is 2.11. The molecular weight excluding hydrogens is 259 g/mol. The van der Waals surface area contributed by atoms with E-state index in [0.29, 0.717) is 6.54 Å². The molecule has 0 radical (unpaired) electrons. The maximum atomic E-state index is 13.3. The summed E-state index contributed by atoms with van der Waals surface area (Å²) in [7, 11) is 1.86.